The summed E-state index contributed by atoms with van der Waals surface area (Å²) < 4.78 is 0. The highest BCUT2D eigenvalue weighted by molar-refractivity contribution is 5.26. The second kappa shape index (κ2) is 5.55. The molecule has 3 N–H and O–H groups in total. The molecule has 2 nitrogen and oxygen atoms in total. The topological polar surface area (TPSA) is 38.0 Å². The van der Waals surface area contributed by atoms with Crippen molar-refractivity contribution in [3.63, 3.8) is 0 Å². The zero-order chi connectivity index (χ0) is 10.8. The normalized spacial score (nSPS) is 33.7. The maximum atomic E-state index is 6.14. The van der Waals surface area contributed by atoms with E-state index in [0.717, 1.165) is 12.2 Å². The van der Waals surface area contributed by atoms with Gasteiger partial charge in [-0.15, -0.1) is 0 Å². The molecule has 1 fully saturated rings. The van der Waals surface area contributed by atoms with Gasteiger partial charge >= 0.3 is 0 Å². The van der Waals surface area contributed by atoms with Crippen LogP contribution in [0.3, 0.4) is 0 Å². The molecule has 2 rings (SSSR count). The number of fused-ring (bicyclic) bond motifs is 1. The van der Waals surface area contributed by atoms with Gasteiger partial charge in [-0.3, -0.25) is 0 Å². The molecule has 0 aromatic rings. The molecule has 2 heteroatoms. The third kappa shape index (κ3) is 2.36. The minimum absolute atomic E-state index is 0. The molecule has 1 saturated carbocycles. The molecule has 2 unspecified atom stereocenters. The van der Waals surface area contributed by atoms with E-state index in [1.54, 1.807) is 0 Å². The molecule has 15 heavy (non-hydrogen) atoms. The largest absolute Gasteiger partial charge is 0.402 e. The SMILES string of the molecule is C.CC.CC1=C(N)C2(C)CCCC2NC1. The van der Waals surface area contributed by atoms with E-state index in [2.05, 4.69) is 19.2 Å². The van der Waals surface area contributed by atoms with Crippen LogP contribution >= 0.6 is 0 Å². The van der Waals surface area contributed by atoms with Crippen molar-refractivity contribution in [3.05, 3.63) is 11.3 Å². The zero-order valence-corrected chi connectivity index (χ0v) is 9.98. The fraction of sp³-hybridized carbons (Fsp3) is 0.846. The molecule has 0 saturated heterocycles. The second-order valence-electron chi connectivity index (χ2n) is 4.44. The lowest BCUT2D eigenvalue weighted by Gasteiger charge is -2.38. The summed E-state index contributed by atoms with van der Waals surface area (Å²) in [7, 11) is 0. The molecular formula is C13H28N2. The highest BCUT2D eigenvalue weighted by atomic mass is 15.0. The molecule has 1 heterocycles. The first-order valence-electron chi connectivity index (χ1n) is 5.83. The van der Waals surface area contributed by atoms with Gasteiger partial charge < -0.3 is 11.1 Å². The van der Waals surface area contributed by atoms with Crippen molar-refractivity contribution in [1.29, 1.82) is 0 Å². The van der Waals surface area contributed by atoms with Crippen molar-refractivity contribution in [2.45, 2.75) is 60.4 Å². The summed E-state index contributed by atoms with van der Waals surface area (Å²) >= 11 is 0. The average molecular weight is 212 g/mol. The predicted octanol–water partition coefficient (Wildman–Crippen LogP) is 3.04. The maximum Gasteiger partial charge on any atom is 0.0224 e. The third-order valence-corrected chi connectivity index (χ3v) is 3.65. The van der Waals surface area contributed by atoms with Crippen LogP contribution in [0.1, 0.15) is 54.4 Å². The smallest absolute Gasteiger partial charge is 0.0224 e. The Bertz CT molecular complexity index is 233. The molecule has 2 aliphatic rings. The Hall–Kier alpha value is -0.500. The van der Waals surface area contributed by atoms with Gasteiger partial charge in [-0.2, -0.15) is 0 Å². The Morgan fingerprint density at radius 3 is 2.60 bits per heavy atom. The standard InChI is InChI=1S/C10H18N2.C2H6.CH4/c1-7-6-12-8-4-3-5-10(8,2)9(7)11;1-2;/h8,12H,3-6,11H2,1-2H3;1-2H3;1H4. The van der Waals surface area contributed by atoms with Crippen molar-refractivity contribution < 1.29 is 0 Å². The summed E-state index contributed by atoms with van der Waals surface area (Å²) in [5, 5.41) is 3.56. The quantitative estimate of drug-likeness (QED) is 0.647. The summed E-state index contributed by atoms with van der Waals surface area (Å²) in [6.07, 6.45) is 3.88. The van der Waals surface area contributed by atoms with E-state index in [-0.39, 0.29) is 12.8 Å². The van der Waals surface area contributed by atoms with Crippen molar-refractivity contribution >= 4 is 0 Å². The van der Waals surface area contributed by atoms with Gasteiger partial charge in [0.1, 0.15) is 0 Å². The second-order valence-corrected chi connectivity index (χ2v) is 4.44. The van der Waals surface area contributed by atoms with Gasteiger partial charge in [0.2, 0.25) is 0 Å². The van der Waals surface area contributed by atoms with Crippen LogP contribution in [0.2, 0.25) is 0 Å². The van der Waals surface area contributed by atoms with E-state index in [9.17, 15) is 0 Å². The van der Waals surface area contributed by atoms with Crippen LogP contribution in [0.4, 0.5) is 0 Å². The number of hydrogen-bond acceptors (Lipinski definition) is 2. The van der Waals surface area contributed by atoms with E-state index in [0.29, 0.717) is 6.04 Å². The van der Waals surface area contributed by atoms with Crippen LogP contribution in [0, 0.1) is 5.41 Å². The van der Waals surface area contributed by atoms with Gasteiger partial charge in [0.05, 0.1) is 0 Å². The summed E-state index contributed by atoms with van der Waals surface area (Å²) in [5.41, 5.74) is 8.90. The van der Waals surface area contributed by atoms with Gasteiger partial charge in [0.25, 0.3) is 0 Å². The first kappa shape index (κ1) is 14.5. The monoisotopic (exact) mass is 212 g/mol. The van der Waals surface area contributed by atoms with E-state index in [1.165, 1.54) is 24.8 Å². The number of rotatable bonds is 0. The minimum Gasteiger partial charge on any atom is -0.402 e. The molecule has 0 amide bonds. The first-order chi connectivity index (χ1) is 6.64. The summed E-state index contributed by atoms with van der Waals surface area (Å²) in [5.74, 6) is 0. The van der Waals surface area contributed by atoms with E-state index < -0.39 is 0 Å². The Kier molecular flexibility index (Phi) is 5.36. The molecule has 0 aromatic carbocycles. The van der Waals surface area contributed by atoms with E-state index in [1.807, 2.05) is 13.8 Å². The highest BCUT2D eigenvalue weighted by Gasteiger charge is 2.43. The van der Waals surface area contributed by atoms with Crippen molar-refractivity contribution in [1.82, 2.24) is 5.32 Å². The van der Waals surface area contributed by atoms with Crippen LogP contribution in [-0.4, -0.2) is 12.6 Å². The molecule has 1 aliphatic heterocycles. The predicted molar refractivity (Wildman–Crippen MR) is 68.7 cm³/mol. The lowest BCUT2D eigenvalue weighted by molar-refractivity contribution is 0.289. The summed E-state index contributed by atoms with van der Waals surface area (Å²) in [4.78, 5) is 0. The Labute approximate surface area is 95.3 Å². The fourth-order valence-electron chi connectivity index (χ4n) is 2.67. The Balaban J connectivity index is 0.000000617. The molecular weight excluding hydrogens is 184 g/mol. The lowest BCUT2D eigenvalue weighted by atomic mass is 9.77. The summed E-state index contributed by atoms with van der Waals surface area (Å²) in [6.45, 7) is 9.43. The number of nitrogens with two attached hydrogens (primary N) is 1. The number of nitrogens with one attached hydrogen (secondary N) is 1. The van der Waals surface area contributed by atoms with Gasteiger partial charge in [-0.25, -0.2) is 0 Å². The molecule has 2 atom stereocenters. The molecule has 1 aliphatic carbocycles. The third-order valence-electron chi connectivity index (χ3n) is 3.65. The average Bonchev–Trinajstić information content (AvgIpc) is 2.59. The van der Waals surface area contributed by atoms with E-state index >= 15 is 0 Å². The molecule has 0 aromatic heterocycles. The lowest BCUT2D eigenvalue weighted by Crippen LogP contribution is -2.48. The van der Waals surface area contributed by atoms with Crippen molar-refractivity contribution in [2.24, 2.45) is 11.1 Å². The molecule has 0 radical (unpaired) electrons. The number of hydrogen-bond donors (Lipinski definition) is 2. The van der Waals surface area contributed by atoms with Crippen LogP contribution in [0.5, 0.6) is 0 Å². The van der Waals surface area contributed by atoms with Crippen LogP contribution in [0.25, 0.3) is 0 Å². The Morgan fingerprint density at radius 1 is 1.40 bits per heavy atom. The van der Waals surface area contributed by atoms with Gasteiger partial charge in [0.15, 0.2) is 0 Å². The fourth-order valence-corrected chi connectivity index (χ4v) is 2.67. The molecule has 90 valence electrons. The maximum absolute atomic E-state index is 6.14. The van der Waals surface area contributed by atoms with E-state index in [4.69, 9.17) is 5.73 Å². The van der Waals surface area contributed by atoms with Crippen LogP contribution in [-0.2, 0) is 0 Å². The van der Waals surface area contributed by atoms with Crippen LogP contribution in [0.15, 0.2) is 11.3 Å². The van der Waals surface area contributed by atoms with Crippen molar-refractivity contribution in [3.8, 4) is 0 Å². The first-order valence-corrected chi connectivity index (χ1v) is 5.83. The zero-order valence-electron chi connectivity index (χ0n) is 9.98. The molecule has 0 bridgehead atoms. The molecule has 0 spiro atoms. The van der Waals surface area contributed by atoms with Gasteiger partial charge in [-0.1, -0.05) is 34.6 Å². The van der Waals surface area contributed by atoms with Gasteiger partial charge in [-0.05, 0) is 25.3 Å². The highest BCUT2D eigenvalue weighted by Crippen LogP contribution is 2.44. The van der Waals surface area contributed by atoms with Gasteiger partial charge in [0, 0.05) is 23.7 Å². The minimum atomic E-state index is 0. The summed E-state index contributed by atoms with van der Waals surface area (Å²) in [6, 6.07) is 0.640. The Morgan fingerprint density at radius 2 is 2.00 bits per heavy atom. The van der Waals surface area contributed by atoms with Crippen LogP contribution < -0.4 is 11.1 Å². The van der Waals surface area contributed by atoms with Crippen molar-refractivity contribution in [2.75, 3.05) is 6.54 Å².